The van der Waals surface area contributed by atoms with Gasteiger partial charge in [0, 0.05) is 18.5 Å². The molecule has 0 bridgehead atoms. The monoisotopic (exact) mass is 237 g/mol. The van der Waals surface area contributed by atoms with E-state index in [0.29, 0.717) is 11.8 Å². The highest BCUT2D eigenvalue weighted by atomic mass is 16.1. The Morgan fingerprint density at radius 2 is 2.00 bits per heavy atom. The first-order chi connectivity index (χ1) is 8.16. The number of nitrogens with zero attached hydrogens (tertiary/aromatic N) is 1. The van der Waals surface area contributed by atoms with Crippen molar-refractivity contribution in [3.63, 3.8) is 0 Å². The quantitative estimate of drug-likeness (QED) is 0.750. The van der Waals surface area contributed by atoms with Crippen molar-refractivity contribution in [2.75, 3.05) is 6.54 Å². The van der Waals surface area contributed by atoms with Crippen LogP contribution in [0, 0.1) is 5.92 Å². The number of carbonyl (C=O) groups excluding carboxylic acids is 1. The van der Waals surface area contributed by atoms with Crippen LogP contribution in [-0.4, -0.2) is 29.3 Å². The third kappa shape index (κ3) is 3.54. The van der Waals surface area contributed by atoms with Gasteiger partial charge in [-0.15, -0.1) is 0 Å². The lowest BCUT2D eigenvalue weighted by atomic mass is 9.84. The molecule has 17 heavy (non-hydrogen) atoms. The minimum absolute atomic E-state index is 0.366. The van der Waals surface area contributed by atoms with Gasteiger partial charge >= 0.3 is 0 Å². The zero-order valence-electron chi connectivity index (χ0n) is 11.5. The number of ketones is 1. The number of piperidine rings is 1. The van der Waals surface area contributed by atoms with E-state index in [1.165, 1.54) is 51.5 Å². The van der Waals surface area contributed by atoms with Crippen molar-refractivity contribution in [3.05, 3.63) is 0 Å². The average Bonchev–Trinajstić information content (AvgIpc) is 2.29. The lowest BCUT2D eigenvalue weighted by Gasteiger charge is -2.44. The number of carbonyl (C=O) groups is 1. The predicted molar refractivity (Wildman–Crippen MR) is 71.1 cm³/mol. The summed E-state index contributed by atoms with van der Waals surface area (Å²) in [6, 6.07) is 1.32. The minimum Gasteiger partial charge on any atom is -0.300 e. The summed E-state index contributed by atoms with van der Waals surface area (Å²) in [5.74, 6) is 1.25. The van der Waals surface area contributed by atoms with Gasteiger partial charge in [0.05, 0.1) is 0 Å². The summed E-state index contributed by atoms with van der Waals surface area (Å²) in [7, 11) is 0. The standard InChI is InChI=1S/C15H27NO/c1-12-6-5-8-14(10-12)16-9-4-3-7-15(16)11-13(2)17/h12,14-15H,3-11H2,1-2H3. The third-order valence-electron chi connectivity index (χ3n) is 4.57. The molecule has 1 aliphatic heterocycles. The summed E-state index contributed by atoms with van der Waals surface area (Å²) >= 11 is 0. The topological polar surface area (TPSA) is 20.3 Å². The highest BCUT2D eigenvalue weighted by Crippen LogP contribution is 2.32. The van der Waals surface area contributed by atoms with Crippen molar-refractivity contribution in [2.24, 2.45) is 5.92 Å². The molecule has 1 saturated heterocycles. The Morgan fingerprint density at radius 1 is 1.18 bits per heavy atom. The molecule has 0 aromatic carbocycles. The van der Waals surface area contributed by atoms with E-state index in [0.717, 1.165) is 18.4 Å². The van der Waals surface area contributed by atoms with Crippen molar-refractivity contribution in [3.8, 4) is 0 Å². The Labute approximate surface area is 106 Å². The molecule has 2 nitrogen and oxygen atoms in total. The van der Waals surface area contributed by atoms with Crippen LogP contribution >= 0.6 is 0 Å². The summed E-state index contributed by atoms with van der Waals surface area (Å²) in [5.41, 5.74) is 0. The third-order valence-corrected chi connectivity index (χ3v) is 4.57. The molecular weight excluding hydrogens is 210 g/mol. The predicted octanol–water partition coefficient (Wildman–Crippen LogP) is 3.40. The van der Waals surface area contributed by atoms with Gasteiger partial charge in [-0.2, -0.15) is 0 Å². The number of likely N-dealkylation sites (tertiary alicyclic amines) is 1. The lowest BCUT2D eigenvalue weighted by molar-refractivity contribution is -0.118. The van der Waals surface area contributed by atoms with Crippen molar-refractivity contribution in [2.45, 2.75) is 77.3 Å². The molecule has 0 N–H and O–H groups in total. The highest BCUT2D eigenvalue weighted by Gasteiger charge is 2.31. The molecule has 0 spiro atoms. The van der Waals surface area contributed by atoms with E-state index in [4.69, 9.17) is 0 Å². The highest BCUT2D eigenvalue weighted by molar-refractivity contribution is 5.76. The molecule has 0 radical (unpaired) electrons. The number of hydrogen-bond donors (Lipinski definition) is 0. The zero-order valence-corrected chi connectivity index (χ0v) is 11.5. The van der Waals surface area contributed by atoms with Crippen molar-refractivity contribution in [1.29, 1.82) is 0 Å². The summed E-state index contributed by atoms with van der Waals surface area (Å²) in [6.07, 6.45) is 10.2. The fourth-order valence-electron chi connectivity index (χ4n) is 3.76. The fraction of sp³-hybridized carbons (Fsp3) is 0.933. The van der Waals surface area contributed by atoms with Gasteiger partial charge in [-0.05, 0) is 45.1 Å². The van der Waals surface area contributed by atoms with E-state index < -0.39 is 0 Å². The van der Waals surface area contributed by atoms with E-state index in [9.17, 15) is 4.79 Å². The number of rotatable bonds is 3. The number of hydrogen-bond acceptors (Lipinski definition) is 2. The van der Waals surface area contributed by atoms with Crippen molar-refractivity contribution < 1.29 is 4.79 Å². The van der Waals surface area contributed by atoms with Crippen LogP contribution in [0.3, 0.4) is 0 Å². The maximum atomic E-state index is 11.4. The van der Waals surface area contributed by atoms with Crippen LogP contribution in [0.4, 0.5) is 0 Å². The summed E-state index contributed by atoms with van der Waals surface area (Å²) in [6.45, 7) is 5.36. The van der Waals surface area contributed by atoms with E-state index in [-0.39, 0.29) is 0 Å². The zero-order chi connectivity index (χ0) is 12.3. The summed E-state index contributed by atoms with van der Waals surface area (Å²) in [4.78, 5) is 14.1. The van der Waals surface area contributed by atoms with Crippen LogP contribution < -0.4 is 0 Å². The van der Waals surface area contributed by atoms with Crippen LogP contribution in [0.1, 0.15) is 65.2 Å². The van der Waals surface area contributed by atoms with Gasteiger partial charge in [0.25, 0.3) is 0 Å². The van der Waals surface area contributed by atoms with Gasteiger partial charge in [-0.1, -0.05) is 26.2 Å². The van der Waals surface area contributed by atoms with Crippen LogP contribution in [0.15, 0.2) is 0 Å². The van der Waals surface area contributed by atoms with Crippen LogP contribution in [-0.2, 0) is 4.79 Å². The molecule has 2 fully saturated rings. The molecule has 0 aromatic rings. The van der Waals surface area contributed by atoms with Crippen molar-refractivity contribution >= 4 is 5.78 Å². The van der Waals surface area contributed by atoms with Gasteiger partial charge in [0.2, 0.25) is 0 Å². The van der Waals surface area contributed by atoms with Gasteiger partial charge in [-0.3, -0.25) is 9.69 Å². The molecular formula is C15H27NO. The second kappa shape index (κ2) is 5.99. The van der Waals surface area contributed by atoms with E-state index in [1.807, 2.05) is 0 Å². The van der Waals surface area contributed by atoms with Gasteiger partial charge < -0.3 is 0 Å². The first-order valence-corrected chi connectivity index (χ1v) is 7.42. The molecule has 98 valence electrons. The van der Waals surface area contributed by atoms with E-state index in [1.54, 1.807) is 6.92 Å². The molecule has 0 aromatic heterocycles. The van der Waals surface area contributed by atoms with Crippen LogP contribution in [0.5, 0.6) is 0 Å². The Kier molecular flexibility index (Phi) is 4.61. The van der Waals surface area contributed by atoms with Gasteiger partial charge in [0.15, 0.2) is 0 Å². The average molecular weight is 237 g/mol. The Bertz CT molecular complexity index is 264. The molecule has 2 heteroatoms. The number of Topliss-reactive ketones (excluding diaryl/α,β-unsaturated/α-hetero) is 1. The van der Waals surface area contributed by atoms with Crippen LogP contribution in [0.25, 0.3) is 0 Å². The second-order valence-electron chi connectivity index (χ2n) is 6.22. The normalized spacial score (nSPS) is 35.8. The summed E-state index contributed by atoms with van der Waals surface area (Å²) in [5, 5.41) is 0. The van der Waals surface area contributed by atoms with E-state index in [2.05, 4.69) is 11.8 Å². The Morgan fingerprint density at radius 3 is 2.71 bits per heavy atom. The largest absolute Gasteiger partial charge is 0.300 e. The lowest BCUT2D eigenvalue weighted by Crippen LogP contribution is -2.48. The molecule has 2 rings (SSSR count). The maximum Gasteiger partial charge on any atom is 0.131 e. The first-order valence-electron chi connectivity index (χ1n) is 7.42. The Hall–Kier alpha value is -0.370. The van der Waals surface area contributed by atoms with Gasteiger partial charge in [-0.25, -0.2) is 0 Å². The smallest absolute Gasteiger partial charge is 0.131 e. The van der Waals surface area contributed by atoms with Crippen LogP contribution in [0.2, 0.25) is 0 Å². The van der Waals surface area contributed by atoms with E-state index >= 15 is 0 Å². The Balaban J connectivity index is 1.97. The maximum absolute atomic E-state index is 11.4. The second-order valence-corrected chi connectivity index (χ2v) is 6.22. The molecule has 3 atom stereocenters. The molecule has 1 aliphatic carbocycles. The molecule has 1 heterocycles. The van der Waals surface area contributed by atoms with Crippen molar-refractivity contribution in [1.82, 2.24) is 4.90 Å². The minimum atomic E-state index is 0.366. The molecule has 3 unspecified atom stereocenters. The molecule has 1 saturated carbocycles. The SMILES string of the molecule is CC(=O)CC1CCCCN1C1CCCC(C)C1. The summed E-state index contributed by atoms with van der Waals surface area (Å²) < 4.78 is 0. The van der Waals surface area contributed by atoms with Gasteiger partial charge in [0.1, 0.15) is 5.78 Å². The molecule has 2 aliphatic rings. The first kappa shape index (κ1) is 13.1. The fourth-order valence-corrected chi connectivity index (χ4v) is 3.76. The molecule has 0 amide bonds.